The van der Waals surface area contributed by atoms with E-state index in [2.05, 4.69) is 0 Å². The van der Waals surface area contributed by atoms with Gasteiger partial charge in [-0.3, -0.25) is 0 Å². The summed E-state index contributed by atoms with van der Waals surface area (Å²) >= 11 is 0. The monoisotopic (exact) mass is 162 g/mol. The van der Waals surface area contributed by atoms with Crippen molar-refractivity contribution in [3.63, 3.8) is 0 Å². The van der Waals surface area contributed by atoms with Crippen LogP contribution in [0.1, 0.15) is 20.8 Å². The van der Waals surface area contributed by atoms with E-state index >= 15 is 0 Å². The summed E-state index contributed by atoms with van der Waals surface area (Å²) in [6.07, 6.45) is -1.11. The second-order valence-corrected chi connectivity index (χ2v) is 3.94. The molecular formula is C7H14O4. The minimum atomic E-state index is -2.21. The molecule has 0 aliphatic heterocycles. The highest BCUT2D eigenvalue weighted by molar-refractivity contribution is 5.18. The lowest BCUT2D eigenvalue weighted by atomic mass is 9.54. The summed E-state index contributed by atoms with van der Waals surface area (Å²) < 4.78 is 0. The Hall–Kier alpha value is -0.160. The molecule has 1 saturated carbocycles. The van der Waals surface area contributed by atoms with Crippen molar-refractivity contribution in [2.45, 2.75) is 38.3 Å². The number of aliphatic hydroxyl groups is 4. The van der Waals surface area contributed by atoms with Gasteiger partial charge in [-0.2, -0.15) is 0 Å². The number of rotatable bonds is 0. The van der Waals surface area contributed by atoms with E-state index in [1.807, 2.05) is 0 Å². The van der Waals surface area contributed by atoms with Crippen molar-refractivity contribution in [3.8, 4) is 0 Å². The largest absolute Gasteiger partial charge is 0.389 e. The molecule has 0 radical (unpaired) electrons. The molecule has 1 aliphatic carbocycles. The predicted octanol–water partition coefficient (Wildman–Crippen LogP) is -1.18. The third-order valence-corrected chi connectivity index (χ3v) is 2.82. The summed E-state index contributed by atoms with van der Waals surface area (Å²) in [6.45, 7) is 4.16. The quantitative estimate of drug-likeness (QED) is 0.338. The van der Waals surface area contributed by atoms with Crippen molar-refractivity contribution < 1.29 is 20.4 Å². The maximum Gasteiger partial charge on any atom is 0.202 e. The van der Waals surface area contributed by atoms with Crippen LogP contribution in [0.3, 0.4) is 0 Å². The Balaban J connectivity index is 2.98. The van der Waals surface area contributed by atoms with Crippen molar-refractivity contribution in [1.29, 1.82) is 0 Å². The fraction of sp³-hybridized carbons (Fsp3) is 1.00. The van der Waals surface area contributed by atoms with Crippen molar-refractivity contribution in [3.05, 3.63) is 0 Å². The molecule has 11 heavy (non-hydrogen) atoms. The summed E-state index contributed by atoms with van der Waals surface area (Å²) in [4.78, 5) is 0. The number of hydrogen-bond acceptors (Lipinski definition) is 4. The average Bonchev–Trinajstić information content (AvgIpc) is 1.84. The molecule has 4 N–H and O–H groups in total. The molecule has 0 aromatic rings. The van der Waals surface area contributed by atoms with E-state index in [9.17, 15) is 20.4 Å². The van der Waals surface area contributed by atoms with Crippen LogP contribution in [0.15, 0.2) is 0 Å². The Kier molecular flexibility index (Phi) is 1.44. The molecule has 1 fully saturated rings. The first-order valence-corrected chi connectivity index (χ1v) is 3.51. The van der Waals surface area contributed by atoms with Gasteiger partial charge in [-0.1, -0.05) is 13.8 Å². The summed E-state index contributed by atoms with van der Waals surface area (Å²) in [5.74, 6) is -2.21. The van der Waals surface area contributed by atoms with E-state index in [0.29, 0.717) is 0 Å². The van der Waals surface area contributed by atoms with E-state index < -0.39 is 22.9 Å². The van der Waals surface area contributed by atoms with Gasteiger partial charge in [0.2, 0.25) is 5.79 Å². The molecule has 1 rings (SSSR count). The Morgan fingerprint density at radius 2 is 1.36 bits per heavy atom. The third kappa shape index (κ3) is 0.679. The SMILES string of the molecule is CC1(C)C(O)C(C)(O)C1(O)O. The second kappa shape index (κ2) is 1.77. The molecule has 66 valence electrons. The topological polar surface area (TPSA) is 80.9 Å². The van der Waals surface area contributed by atoms with Crippen LogP contribution in [-0.2, 0) is 0 Å². The molecule has 0 bridgehead atoms. The molecule has 4 heteroatoms. The fourth-order valence-electron chi connectivity index (χ4n) is 1.66. The molecule has 0 aromatic heterocycles. The summed E-state index contributed by atoms with van der Waals surface area (Å²) in [6, 6.07) is 0. The zero-order valence-corrected chi connectivity index (χ0v) is 6.87. The van der Waals surface area contributed by atoms with Gasteiger partial charge in [-0.05, 0) is 6.92 Å². The van der Waals surface area contributed by atoms with Crippen LogP contribution in [-0.4, -0.2) is 37.9 Å². The lowest BCUT2D eigenvalue weighted by Crippen LogP contribution is -2.82. The maximum absolute atomic E-state index is 9.30. The van der Waals surface area contributed by atoms with Crippen LogP contribution >= 0.6 is 0 Å². The minimum Gasteiger partial charge on any atom is -0.389 e. The Bertz CT molecular complexity index is 165. The first-order chi connectivity index (χ1) is 4.65. The Morgan fingerprint density at radius 1 is 1.00 bits per heavy atom. The van der Waals surface area contributed by atoms with Gasteiger partial charge in [-0.15, -0.1) is 0 Å². The maximum atomic E-state index is 9.30. The molecule has 4 nitrogen and oxygen atoms in total. The first kappa shape index (κ1) is 8.93. The lowest BCUT2D eigenvalue weighted by molar-refractivity contribution is -0.435. The van der Waals surface area contributed by atoms with Crippen molar-refractivity contribution in [1.82, 2.24) is 0 Å². The summed E-state index contributed by atoms with van der Waals surface area (Å²) in [7, 11) is 0. The van der Waals surface area contributed by atoms with Gasteiger partial charge in [-0.25, -0.2) is 0 Å². The van der Waals surface area contributed by atoms with Gasteiger partial charge in [0.05, 0.1) is 11.5 Å². The zero-order valence-electron chi connectivity index (χ0n) is 6.87. The van der Waals surface area contributed by atoms with Gasteiger partial charge in [0.25, 0.3) is 0 Å². The molecule has 0 aromatic carbocycles. The minimum absolute atomic E-state index is 1.07. The second-order valence-electron chi connectivity index (χ2n) is 3.94. The normalized spacial score (nSPS) is 46.6. The lowest BCUT2D eigenvalue weighted by Gasteiger charge is -2.62. The average molecular weight is 162 g/mol. The molecule has 2 atom stereocenters. The van der Waals surface area contributed by atoms with E-state index in [0.717, 1.165) is 0 Å². The van der Waals surface area contributed by atoms with Crippen molar-refractivity contribution in [2.24, 2.45) is 5.41 Å². The van der Waals surface area contributed by atoms with Crippen molar-refractivity contribution >= 4 is 0 Å². The highest BCUT2D eigenvalue weighted by Gasteiger charge is 2.73. The van der Waals surface area contributed by atoms with Crippen molar-refractivity contribution in [2.75, 3.05) is 0 Å². The molecule has 0 amide bonds. The smallest absolute Gasteiger partial charge is 0.202 e. The summed E-state index contributed by atoms with van der Waals surface area (Å²) in [5.41, 5.74) is -2.90. The standard InChI is InChI=1S/C7H14O4/c1-5(2)4(8)6(3,9)7(5,10)11/h4,8-11H,1-3H3. The van der Waals surface area contributed by atoms with E-state index in [1.54, 1.807) is 0 Å². The van der Waals surface area contributed by atoms with Gasteiger partial charge in [0.15, 0.2) is 0 Å². The molecule has 2 unspecified atom stereocenters. The van der Waals surface area contributed by atoms with Crippen LogP contribution in [0.2, 0.25) is 0 Å². The first-order valence-electron chi connectivity index (χ1n) is 3.51. The van der Waals surface area contributed by atoms with E-state index in [4.69, 9.17) is 0 Å². The molecule has 0 heterocycles. The number of hydrogen-bond donors (Lipinski definition) is 4. The van der Waals surface area contributed by atoms with Crippen LogP contribution < -0.4 is 0 Å². The summed E-state index contributed by atoms with van der Waals surface area (Å²) in [5, 5.41) is 37.1. The molecular weight excluding hydrogens is 148 g/mol. The fourth-order valence-corrected chi connectivity index (χ4v) is 1.66. The highest BCUT2D eigenvalue weighted by atomic mass is 16.5. The molecule has 0 saturated heterocycles. The van der Waals surface area contributed by atoms with E-state index in [1.165, 1.54) is 20.8 Å². The third-order valence-electron chi connectivity index (χ3n) is 2.82. The van der Waals surface area contributed by atoms with Gasteiger partial charge in [0.1, 0.15) is 5.60 Å². The van der Waals surface area contributed by atoms with Gasteiger partial charge >= 0.3 is 0 Å². The predicted molar refractivity (Wildman–Crippen MR) is 37.6 cm³/mol. The highest BCUT2D eigenvalue weighted by Crippen LogP contribution is 2.54. The molecule has 0 spiro atoms. The zero-order chi connectivity index (χ0) is 9.08. The van der Waals surface area contributed by atoms with Gasteiger partial charge < -0.3 is 20.4 Å². The van der Waals surface area contributed by atoms with Crippen LogP contribution in [0.4, 0.5) is 0 Å². The van der Waals surface area contributed by atoms with E-state index in [-0.39, 0.29) is 0 Å². The Morgan fingerprint density at radius 3 is 1.45 bits per heavy atom. The number of aliphatic hydroxyl groups excluding tert-OH is 1. The molecule has 1 aliphatic rings. The van der Waals surface area contributed by atoms with Crippen LogP contribution in [0, 0.1) is 5.41 Å². The van der Waals surface area contributed by atoms with Crippen LogP contribution in [0.25, 0.3) is 0 Å². The Labute approximate surface area is 65.1 Å². The van der Waals surface area contributed by atoms with Crippen LogP contribution in [0.5, 0.6) is 0 Å². The van der Waals surface area contributed by atoms with Gasteiger partial charge in [0, 0.05) is 0 Å².